The van der Waals surface area contributed by atoms with Gasteiger partial charge in [0, 0.05) is 10.9 Å². The quantitative estimate of drug-likeness (QED) is 0.858. The first-order valence-electron chi connectivity index (χ1n) is 6.72. The fraction of sp³-hybridized carbons (Fsp3) is 0.500. The number of aromatic nitrogens is 4. The van der Waals surface area contributed by atoms with Crippen LogP contribution in [-0.2, 0) is 9.84 Å². The summed E-state index contributed by atoms with van der Waals surface area (Å²) in [7, 11) is -3.03. The van der Waals surface area contributed by atoms with Gasteiger partial charge < -0.3 is 5.32 Å². The van der Waals surface area contributed by atoms with E-state index in [1.54, 1.807) is 0 Å². The predicted octanol–water partition coefficient (Wildman–Crippen LogP) is 0.258. The van der Waals surface area contributed by atoms with Crippen LogP contribution in [0.25, 0.3) is 5.00 Å². The third kappa shape index (κ3) is 2.75. The number of tetrazole rings is 1. The first-order chi connectivity index (χ1) is 10.4. The molecular weight excluding hydrogens is 326 g/mol. The molecule has 1 aliphatic heterocycles. The molecule has 0 aliphatic carbocycles. The van der Waals surface area contributed by atoms with Gasteiger partial charge in [0.1, 0.15) is 11.3 Å². The zero-order valence-electron chi connectivity index (χ0n) is 12.1. The number of carbonyl (C=O) groups excluding carboxylic acids is 1. The number of nitrogens with zero attached hydrogens (tertiary/aromatic N) is 4. The summed E-state index contributed by atoms with van der Waals surface area (Å²) in [4.78, 5) is 13.6. The van der Waals surface area contributed by atoms with Crippen molar-refractivity contribution < 1.29 is 13.2 Å². The van der Waals surface area contributed by atoms with Crippen molar-refractivity contribution in [3.63, 3.8) is 0 Å². The Morgan fingerprint density at radius 1 is 1.45 bits per heavy atom. The SMILES string of the molecule is Cc1sc(-n2cnnn2)c(C(=O)N[C@H]2CCS(=O)(=O)C2)c1C. The standard InChI is InChI=1S/C12H15N5O3S2/c1-7-8(2)21-12(17-6-13-15-16-17)10(7)11(18)14-9-3-4-22(19,20)5-9/h6,9H,3-5H2,1-2H3,(H,14,18)/t9-/m0/s1. The van der Waals surface area contributed by atoms with Crippen LogP contribution in [0.4, 0.5) is 0 Å². The molecule has 3 heterocycles. The summed E-state index contributed by atoms with van der Waals surface area (Å²) in [5.41, 5.74) is 1.35. The van der Waals surface area contributed by atoms with Gasteiger partial charge in [-0.05, 0) is 36.3 Å². The molecule has 0 spiro atoms. The maximum absolute atomic E-state index is 12.6. The summed E-state index contributed by atoms with van der Waals surface area (Å²) in [6, 6.07) is -0.334. The van der Waals surface area contributed by atoms with Crippen molar-refractivity contribution in [3.8, 4) is 5.00 Å². The third-order valence-corrected chi connectivity index (χ3v) is 6.68. The van der Waals surface area contributed by atoms with E-state index >= 15 is 0 Å². The van der Waals surface area contributed by atoms with Gasteiger partial charge >= 0.3 is 0 Å². The minimum Gasteiger partial charge on any atom is -0.348 e. The highest BCUT2D eigenvalue weighted by Gasteiger charge is 2.31. The molecule has 0 radical (unpaired) electrons. The first kappa shape index (κ1) is 15.1. The molecular formula is C12H15N5O3S2. The van der Waals surface area contributed by atoms with E-state index in [9.17, 15) is 13.2 Å². The molecule has 0 aromatic carbocycles. The smallest absolute Gasteiger partial charge is 0.254 e. The lowest BCUT2D eigenvalue weighted by Crippen LogP contribution is -2.36. The molecule has 118 valence electrons. The normalized spacial score (nSPS) is 20.2. The number of hydrogen-bond acceptors (Lipinski definition) is 7. The number of thiophene rings is 1. The van der Waals surface area contributed by atoms with Crippen LogP contribution in [0.1, 0.15) is 27.2 Å². The summed E-state index contributed by atoms with van der Waals surface area (Å²) < 4.78 is 24.5. The van der Waals surface area contributed by atoms with E-state index in [2.05, 4.69) is 20.8 Å². The van der Waals surface area contributed by atoms with Gasteiger partial charge in [-0.1, -0.05) is 0 Å². The molecule has 10 heteroatoms. The van der Waals surface area contributed by atoms with E-state index in [0.29, 0.717) is 17.0 Å². The summed E-state index contributed by atoms with van der Waals surface area (Å²) >= 11 is 1.43. The Hall–Kier alpha value is -1.81. The van der Waals surface area contributed by atoms with Crippen molar-refractivity contribution in [2.75, 3.05) is 11.5 Å². The number of amides is 1. The second kappa shape index (κ2) is 5.43. The van der Waals surface area contributed by atoms with Gasteiger partial charge in [-0.15, -0.1) is 16.4 Å². The van der Waals surface area contributed by atoms with Crippen LogP contribution >= 0.6 is 11.3 Å². The lowest BCUT2D eigenvalue weighted by atomic mass is 10.1. The lowest BCUT2D eigenvalue weighted by Gasteiger charge is -2.12. The second-order valence-electron chi connectivity index (χ2n) is 5.29. The minimum absolute atomic E-state index is 0.00111. The van der Waals surface area contributed by atoms with Gasteiger partial charge in [0.25, 0.3) is 5.91 Å². The van der Waals surface area contributed by atoms with Gasteiger partial charge in [-0.2, -0.15) is 4.68 Å². The van der Waals surface area contributed by atoms with Crippen molar-refractivity contribution in [2.24, 2.45) is 0 Å². The Labute approximate surface area is 131 Å². The van der Waals surface area contributed by atoms with Crippen LogP contribution in [-0.4, -0.2) is 52.1 Å². The molecule has 2 aromatic rings. The predicted molar refractivity (Wildman–Crippen MR) is 81.0 cm³/mol. The maximum atomic E-state index is 12.6. The van der Waals surface area contributed by atoms with Crippen molar-refractivity contribution in [2.45, 2.75) is 26.3 Å². The number of nitrogens with one attached hydrogen (secondary N) is 1. The monoisotopic (exact) mass is 341 g/mol. The molecule has 0 bridgehead atoms. The van der Waals surface area contributed by atoms with Crippen LogP contribution in [0.3, 0.4) is 0 Å². The molecule has 1 atom stereocenters. The van der Waals surface area contributed by atoms with Gasteiger partial charge in [0.2, 0.25) is 0 Å². The number of hydrogen-bond donors (Lipinski definition) is 1. The molecule has 22 heavy (non-hydrogen) atoms. The Morgan fingerprint density at radius 3 is 2.82 bits per heavy atom. The highest BCUT2D eigenvalue weighted by atomic mass is 32.2. The van der Waals surface area contributed by atoms with E-state index in [1.165, 1.54) is 22.3 Å². The van der Waals surface area contributed by atoms with Crippen molar-refractivity contribution >= 4 is 27.1 Å². The molecule has 3 rings (SSSR count). The van der Waals surface area contributed by atoms with Crippen molar-refractivity contribution in [3.05, 3.63) is 22.3 Å². The number of carbonyl (C=O) groups is 1. The molecule has 1 aliphatic rings. The van der Waals surface area contributed by atoms with Crippen LogP contribution in [0.15, 0.2) is 6.33 Å². The Bertz CT molecular complexity index is 810. The van der Waals surface area contributed by atoms with E-state index in [0.717, 1.165) is 10.4 Å². The van der Waals surface area contributed by atoms with Gasteiger partial charge in [-0.3, -0.25) is 4.79 Å². The highest BCUT2D eigenvalue weighted by molar-refractivity contribution is 7.91. The second-order valence-corrected chi connectivity index (χ2v) is 8.72. The number of rotatable bonds is 3. The van der Waals surface area contributed by atoms with Crippen LogP contribution in [0, 0.1) is 13.8 Å². The zero-order chi connectivity index (χ0) is 15.9. The molecule has 1 saturated heterocycles. The summed E-state index contributed by atoms with van der Waals surface area (Å²) in [5.74, 6) is -0.157. The van der Waals surface area contributed by atoms with Crippen LogP contribution < -0.4 is 5.32 Å². The van der Waals surface area contributed by atoms with Crippen LogP contribution in [0.5, 0.6) is 0 Å². The molecule has 1 amide bonds. The Morgan fingerprint density at radius 2 is 2.23 bits per heavy atom. The van der Waals surface area contributed by atoms with Crippen LogP contribution in [0.2, 0.25) is 0 Å². The molecule has 0 unspecified atom stereocenters. The molecule has 0 saturated carbocycles. The van der Waals surface area contributed by atoms with E-state index in [1.807, 2.05) is 13.8 Å². The number of aryl methyl sites for hydroxylation is 1. The Kier molecular flexibility index (Phi) is 3.73. The Balaban J connectivity index is 1.90. The molecule has 2 aromatic heterocycles. The summed E-state index contributed by atoms with van der Waals surface area (Å²) in [5, 5.41) is 14.5. The van der Waals surface area contributed by atoms with Gasteiger partial charge in [0.05, 0.1) is 17.1 Å². The third-order valence-electron chi connectivity index (χ3n) is 3.72. The maximum Gasteiger partial charge on any atom is 0.254 e. The largest absolute Gasteiger partial charge is 0.348 e. The highest BCUT2D eigenvalue weighted by Crippen LogP contribution is 2.30. The lowest BCUT2D eigenvalue weighted by molar-refractivity contribution is 0.0941. The molecule has 1 N–H and O–H groups in total. The fourth-order valence-electron chi connectivity index (χ4n) is 2.46. The van der Waals surface area contributed by atoms with E-state index < -0.39 is 9.84 Å². The van der Waals surface area contributed by atoms with Gasteiger partial charge in [-0.25, -0.2) is 8.42 Å². The summed E-state index contributed by atoms with van der Waals surface area (Å²) in [6.07, 6.45) is 1.89. The summed E-state index contributed by atoms with van der Waals surface area (Å²) in [6.45, 7) is 3.78. The van der Waals surface area contributed by atoms with Gasteiger partial charge in [0.15, 0.2) is 9.84 Å². The fourth-order valence-corrected chi connectivity index (χ4v) is 5.20. The molecule has 8 nitrogen and oxygen atoms in total. The van der Waals surface area contributed by atoms with Crippen molar-refractivity contribution in [1.29, 1.82) is 0 Å². The topological polar surface area (TPSA) is 107 Å². The average Bonchev–Trinajstić information content (AvgIpc) is 3.12. The van der Waals surface area contributed by atoms with E-state index in [4.69, 9.17) is 0 Å². The first-order valence-corrected chi connectivity index (χ1v) is 9.36. The van der Waals surface area contributed by atoms with E-state index in [-0.39, 0.29) is 23.5 Å². The average molecular weight is 341 g/mol. The minimum atomic E-state index is -3.03. The number of sulfone groups is 1. The van der Waals surface area contributed by atoms with Crippen molar-refractivity contribution in [1.82, 2.24) is 25.5 Å². The molecule has 1 fully saturated rings. The zero-order valence-corrected chi connectivity index (χ0v) is 13.7.